The van der Waals surface area contributed by atoms with Gasteiger partial charge in [0.2, 0.25) is 0 Å². The van der Waals surface area contributed by atoms with Crippen LogP contribution in [0, 0.1) is 43.4 Å². The number of ketones is 1. The summed E-state index contributed by atoms with van der Waals surface area (Å²) in [7, 11) is 0. The van der Waals surface area contributed by atoms with Crippen molar-refractivity contribution in [3.8, 4) is 0 Å². The number of carbonyl (C=O) groups is 1. The van der Waals surface area contributed by atoms with Gasteiger partial charge in [-0.25, -0.2) is 0 Å². The van der Waals surface area contributed by atoms with Crippen LogP contribution in [-0.2, 0) is 4.79 Å². The molecule has 0 bridgehead atoms. The summed E-state index contributed by atoms with van der Waals surface area (Å²) in [5.41, 5.74) is 3.03. The Balaban J connectivity index is 1.53. The lowest BCUT2D eigenvalue weighted by atomic mass is 9.74. The van der Waals surface area contributed by atoms with Gasteiger partial charge in [-0.3, -0.25) is 30.4 Å². The molecule has 0 amide bonds. The van der Waals surface area contributed by atoms with E-state index in [0.717, 1.165) is 50.3 Å². The first-order valence-electron chi connectivity index (χ1n) is 10.5. The molecular weight excluding hydrogens is 388 g/mol. The predicted octanol–water partition coefficient (Wildman–Crippen LogP) is 4.86. The highest BCUT2D eigenvalue weighted by atomic mass is 16.6. The zero-order chi connectivity index (χ0) is 21.5. The van der Waals surface area contributed by atoms with Crippen LogP contribution < -0.4 is 5.43 Å². The van der Waals surface area contributed by atoms with Crippen molar-refractivity contribution in [1.82, 2.24) is 0 Å². The van der Waals surface area contributed by atoms with E-state index >= 15 is 0 Å². The van der Waals surface area contributed by atoms with Crippen LogP contribution in [0.3, 0.4) is 0 Å². The third-order valence-electron chi connectivity index (χ3n) is 6.52. The van der Waals surface area contributed by atoms with Gasteiger partial charge in [-0.1, -0.05) is 6.92 Å². The van der Waals surface area contributed by atoms with Crippen LogP contribution >= 0.6 is 0 Å². The summed E-state index contributed by atoms with van der Waals surface area (Å²) >= 11 is 0. The molecule has 1 N–H and O–H groups in total. The van der Waals surface area contributed by atoms with Gasteiger partial charge in [0.05, 0.1) is 15.9 Å². The Labute approximate surface area is 174 Å². The molecule has 1 atom stereocenters. The summed E-state index contributed by atoms with van der Waals surface area (Å²) in [6, 6.07) is 3.49. The average molecular weight is 414 g/mol. The Morgan fingerprint density at radius 2 is 1.73 bits per heavy atom. The number of hydrogen-bond donors (Lipinski definition) is 1. The maximum Gasteiger partial charge on any atom is 0.301 e. The number of nitrogens with zero attached hydrogens (tertiary/aromatic N) is 3. The monoisotopic (exact) mass is 414 g/mol. The number of non-ortho nitro benzene ring substituents is 1. The fourth-order valence-corrected chi connectivity index (χ4v) is 4.20. The molecule has 9 nitrogen and oxygen atoms in total. The van der Waals surface area contributed by atoms with Crippen LogP contribution in [0.2, 0.25) is 0 Å². The number of hydrogen-bond acceptors (Lipinski definition) is 7. The van der Waals surface area contributed by atoms with Gasteiger partial charge in [0.1, 0.15) is 11.5 Å². The summed E-state index contributed by atoms with van der Waals surface area (Å²) < 4.78 is 0. The van der Waals surface area contributed by atoms with Gasteiger partial charge in [0.15, 0.2) is 0 Å². The van der Waals surface area contributed by atoms with Gasteiger partial charge in [0, 0.05) is 24.1 Å². The third-order valence-corrected chi connectivity index (χ3v) is 6.52. The summed E-state index contributed by atoms with van der Waals surface area (Å²) in [6.45, 7) is 2.18. The molecular formula is C21H26N4O5. The molecule has 1 aromatic carbocycles. The summed E-state index contributed by atoms with van der Waals surface area (Å²) in [5.74, 6) is 1.46. The second-order valence-electron chi connectivity index (χ2n) is 9.23. The Kier molecular flexibility index (Phi) is 5.29. The van der Waals surface area contributed by atoms with Crippen molar-refractivity contribution in [2.45, 2.75) is 58.3 Å². The van der Waals surface area contributed by atoms with Crippen LogP contribution in [0.15, 0.2) is 23.3 Å². The van der Waals surface area contributed by atoms with Gasteiger partial charge in [-0.2, -0.15) is 5.10 Å². The lowest BCUT2D eigenvalue weighted by molar-refractivity contribution is -0.393. The summed E-state index contributed by atoms with van der Waals surface area (Å²) in [6.07, 6.45) is 7.62. The summed E-state index contributed by atoms with van der Waals surface area (Å²) in [5, 5.41) is 26.8. The van der Waals surface area contributed by atoms with Gasteiger partial charge >= 0.3 is 5.69 Å². The number of benzene rings is 1. The van der Waals surface area contributed by atoms with Crippen molar-refractivity contribution >= 4 is 28.6 Å². The summed E-state index contributed by atoms with van der Waals surface area (Å²) in [4.78, 5) is 33.5. The molecule has 0 aliphatic heterocycles. The maximum atomic E-state index is 12.5. The van der Waals surface area contributed by atoms with E-state index in [1.54, 1.807) is 0 Å². The van der Waals surface area contributed by atoms with Crippen molar-refractivity contribution < 1.29 is 14.6 Å². The second kappa shape index (κ2) is 7.77. The van der Waals surface area contributed by atoms with Gasteiger partial charge in [-0.15, -0.1) is 0 Å². The number of nitro groups is 2. The molecule has 0 radical (unpaired) electrons. The fourth-order valence-electron chi connectivity index (χ4n) is 4.20. The van der Waals surface area contributed by atoms with Gasteiger partial charge in [0.25, 0.3) is 5.69 Å². The Hall–Kier alpha value is -2.84. The van der Waals surface area contributed by atoms with Crippen molar-refractivity contribution in [2.75, 3.05) is 5.43 Å². The van der Waals surface area contributed by atoms with Crippen LogP contribution in [0.1, 0.15) is 58.3 Å². The molecule has 30 heavy (non-hydrogen) atoms. The molecule has 3 saturated carbocycles. The van der Waals surface area contributed by atoms with Crippen LogP contribution in [0.5, 0.6) is 0 Å². The minimum Gasteiger partial charge on any atom is -0.299 e. The molecule has 4 rings (SSSR count). The Morgan fingerprint density at radius 3 is 2.27 bits per heavy atom. The van der Waals surface area contributed by atoms with Crippen LogP contribution in [0.4, 0.5) is 17.1 Å². The molecule has 0 heterocycles. The van der Waals surface area contributed by atoms with E-state index in [2.05, 4.69) is 17.5 Å². The van der Waals surface area contributed by atoms with Crippen molar-refractivity contribution in [3.05, 3.63) is 38.4 Å². The molecule has 3 aliphatic rings. The highest BCUT2D eigenvalue weighted by molar-refractivity contribution is 5.91. The fraction of sp³-hybridized carbons (Fsp3) is 0.619. The molecule has 0 saturated heterocycles. The van der Waals surface area contributed by atoms with Gasteiger partial charge in [-0.05, 0) is 68.3 Å². The van der Waals surface area contributed by atoms with E-state index in [1.807, 2.05) is 0 Å². The number of Topliss-reactive ketones (excluding diaryl/α,β-unsaturated/α-hetero) is 1. The largest absolute Gasteiger partial charge is 0.301 e. The first kappa shape index (κ1) is 20.4. The van der Waals surface area contributed by atoms with Crippen molar-refractivity contribution in [2.24, 2.45) is 28.3 Å². The lowest BCUT2D eigenvalue weighted by Gasteiger charge is -2.30. The zero-order valence-corrected chi connectivity index (χ0v) is 17.0. The normalized spacial score (nSPS) is 21.0. The van der Waals surface area contributed by atoms with Crippen molar-refractivity contribution in [3.63, 3.8) is 0 Å². The SMILES string of the molecule is C[C@@](CC(=O)C1CC1)(C/C(=N\Nc1ccc([N+](=O)[O-])cc1[N+](=O)[O-])C1CC1)C1CC1. The first-order chi connectivity index (χ1) is 14.3. The molecule has 9 heteroatoms. The third kappa shape index (κ3) is 4.66. The lowest BCUT2D eigenvalue weighted by Crippen LogP contribution is -2.28. The number of nitrogens with one attached hydrogen (secondary N) is 1. The molecule has 0 aromatic heterocycles. The van der Waals surface area contributed by atoms with Gasteiger partial charge < -0.3 is 0 Å². The number of nitro benzene ring substituents is 2. The molecule has 3 fully saturated rings. The molecule has 0 spiro atoms. The van der Waals surface area contributed by atoms with E-state index in [9.17, 15) is 25.0 Å². The number of carbonyl (C=O) groups excluding carboxylic acids is 1. The smallest absolute Gasteiger partial charge is 0.299 e. The Bertz CT molecular complexity index is 918. The number of hydrazone groups is 1. The zero-order valence-electron chi connectivity index (χ0n) is 17.0. The minimum absolute atomic E-state index is 0.121. The van der Waals surface area contributed by atoms with Crippen LogP contribution in [0.25, 0.3) is 0 Å². The van der Waals surface area contributed by atoms with E-state index in [-0.39, 0.29) is 28.4 Å². The average Bonchev–Trinajstić information content (AvgIpc) is 3.57. The molecule has 160 valence electrons. The van der Waals surface area contributed by atoms with Crippen molar-refractivity contribution in [1.29, 1.82) is 0 Å². The topological polar surface area (TPSA) is 128 Å². The minimum atomic E-state index is -0.659. The maximum absolute atomic E-state index is 12.5. The molecule has 0 unspecified atom stereocenters. The van der Waals surface area contributed by atoms with E-state index in [0.29, 0.717) is 30.5 Å². The quantitative estimate of drug-likeness (QED) is 0.313. The molecule has 3 aliphatic carbocycles. The Morgan fingerprint density at radius 1 is 1.07 bits per heavy atom. The second-order valence-corrected chi connectivity index (χ2v) is 9.23. The van der Waals surface area contributed by atoms with Crippen LogP contribution in [-0.4, -0.2) is 21.3 Å². The molecule has 1 aromatic rings. The highest BCUT2D eigenvalue weighted by Crippen LogP contribution is 2.52. The first-order valence-corrected chi connectivity index (χ1v) is 10.5. The van der Waals surface area contributed by atoms with E-state index in [4.69, 9.17) is 0 Å². The predicted molar refractivity (Wildman–Crippen MR) is 111 cm³/mol. The standard InChI is InChI=1S/C21H26N4O5/c1-21(15-6-7-15,12-20(26)14-4-5-14)11-18(13-2-3-13)23-22-17-9-8-16(24(27)28)10-19(17)25(29)30/h8-10,13-15,22H,2-7,11-12H2,1H3/b23-18+/t21-/m0/s1. The highest BCUT2D eigenvalue weighted by Gasteiger charge is 2.47. The number of rotatable bonds is 11. The van der Waals surface area contributed by atoms with E-state index < -0.39 is 9.85 Å². The van der Waals surface area contributed by atoms with E-state index in [1.165, 1.54) is 12.1 Å². The number of anilines is 1.